The van der Waals surface area contributed by atoms with Crippen LogP contribution in [0.15, 0.2) is 30.7 Å². The molecule has 6 heteroatoms. The fourth-order valence-electron chi connectivity index (χ4n) is 4.22. The average molecular weight is 336 g/mol. The molecule has 1 atom stereocenters. The SMILES string of the molecule is O=C1Cc2ccc(F)cc2C1c1ncnc2nn(C3CCCC3)cc12. The molecule has 0 amide bonds. The molecule has 126 valence electrons. The third-order valence-electron chi connectivity index (χ3n) is 5.44. The molecule has 2 heterocycles. The van der Waals surface area contributed by atoms with Gasteiger partial charge in [0.05, 0.1) is 23.0 Å². The van der Waals surface area contributed by atoms with Crippen molar-refractivity contribution in [3.63, 3.8) is 0 Å². The number of halogens is 1. The predicted octanol–water partition coefficient (Wildman–Crippen LogP) is 3.34. The highest BCUT2D eigenvalue weighted by atomic mass is 19.1. The summed E-state index contributed by atoms with van der Waals surface area (Å²) in [5.41, 5.74) is 2.85. The summed E-state index contributed by atoms with van der Waals surface area (Å²) in [7, 11) is 0. The minimum absolute atomic E-state index is 0.0502. The van der Waals surface area contributed by atoms with Crippen molar-refractivity contribution in [1.82, 2.24) is 19.7 Å². The second-order valence-electron chi connectivity index (χ2n) is 6.96. The molecule has 0 radical (unpaired) electrons. The van der Waals surface area contributed by atoms with Gasteiger partial charge in [0.2, 0.25) is 0 Å². The van der Waals surface area contributed by atoms with Crippen LogP contribution in [-0.4, -0.2) is 25.5 Å². The lowest BCUT2D eigenvalue weighted by Crippen LogP contribution is -2.10. The first-order valence-electron chi connectivity index (χ1n) is 8.71. The maximum Gasteiger partial charge on any atom is 0.184 e. The largest absolute Gasteiger partial charge is 0.298 e. The Morgan fingerprint density at radius 1 is 1.16 bits per heavy atom. The molecule has 2 aliphatic carbocycles. The van der Waals surface area contributed by atoms with E-state index in [-0.39, 0.29) is 11.6 Å². The van der Waals surface area contributed by atoms with E-state index in [1.807, 2.05) is 10.9 Å². The van der Waals surface area contributed by atoms with Crippen molar-refractivity contribution in [3.8, 4) is 0 Å². The van der Waals surface area contributed by atoms with Crippen LogP contribution in [0.1, 0.15) is 54.5 Å². The maximum atomic E-state index is 13.7. The zero-order valence-electron chi connectivity index (χ0n) is 13.7. The second-order valence-corrected chi connectivity index (χ2v) is 6.96. The van der Waals surface area contributed by atoms with Crippen LogP contribution >= 0.6 is 0 Å². The van der Waals surface area contributed by atoms with Gasteiger partial charge in [-0.1, -0.05) is 18.9 Å². The Bertz CT molecular complexity index is 990. The number of aromatic nitrogens is 4. The summed E-state index contributed by atoms with van der Waals surface area (Å²) in [6, 6.07) is 4.96. The van der Waals surface area contributed by atoms with E-state index in [1.54, 1.807) is 6.07 Å². The first kappa shape index (κ1) is 14.7. The lowest BCUT2D eigenvalue weighted by atomic mass is 9.95. The summed E-state index contributed by atoms with van der Waals surface area (Å²) in [4.78, 5) is 21.3. The molecule has 0 saturated heterocycles. The third-order valence-corrected chi connectivity index (χ3v) is 5.44. The lowest BCUT2D eigenvalue weighted by Gasteiger charge is -2.10. The van der Waals surface area contributed by atoms with Crippen molar-refractivity contribution in [2.45, 2.75) is 44.1 Å². The Balaban J connectivity index is 1.66. The smallest absolute Gasteiger partial charge is 0.184 e. The Hall–Kier alpha value is -2.63. The number of nitrogens with zero attached hydrogens (tertiary/aromatic N) is 4. The molecular weight excluding hydrogens is 319 g/mol. The van der Waals surface area contributed by atoms with Gasteiger partial charge in [-0.2, -0.15) is 5.10 Å². The van der Waals surface area contributed by atoms with Crippen LogP contribution < -0.4 is 0 Å². The zero-order valence-corrected chi connectivity index (χ0v) is 13.7. The summed E-state index contributed by atoms with van der Waals surface area (Å²) >= 11 is 0. The van der Waals surface area contributed by atoms with Gasteiger partial charge in [0.15, 0.2) is 11.4 Å². The van der Waals surface area contributed by atoms with Gasteiger partial charge in [-0.3, -0.25) is 9.48 Å². The Labute approximate surface area is 143 Å². The van der Waals surface area contributed by atoms with Gasteiger partial charge >= 0.3 is 0 Å². The van der Waals surface area contributed by atoms with Crippen molar-refractivity contribution in [3.05, 3.63) is 53.4 Å². The monoisotopic (exact) mass is 336 g/mol. The molecule has 0 N–H and O–H groups in total. The molecule has 0 aliphatic heterocycles. The number of benzene rings is 1. The summed E-state index contributed by atoms with van der Waals surface area (Å²) in [6.45, 7) is 0. The van der Waals surface area contributed by atoms with E-state index in [2.05, 4.69) is 15.1 Å². The summed E-state index contributed by atoms with van der Waals surface area (Å²) in [5.74, 6) is -0.808. The fourth-order valence-corrected chi connectivity index (χ4v) is 4.22. The topological polar surface area (TPSA) is 60.7 Å². The number of Topliss-reactive ketones (excluding diaryl/α,β-unsaturated/α-hetero) is 1. The van der Waals surface area contributed by atoms with Gasteiger partial charge in [0.1, 0.15) is 12.1 Å². The van der Waals surface area contributed by atoms with Gasteiger partial charge in [-0.15, -0.1) is 0 Å². The lowest BCUT2D eigenvalue weighted by molar-refractivity contribution is -0.118. The van der Waals surface area contributed by atoms with Gasteiger partial charge in [-0.05, 0) is 36.1 Å². The average Bonchev–Trinajstić information content (AvgIpc) is 3.31. The highest BCUT2D eigenvalue weighted by Crippen LogP contribution is 2.38. The molecule has 5 rings (SSSR count). The fraction of sp³-hybridized carbons (Fsp3) is 0.368. The molecule has 1 fully saturated rings. The van der Waals surface area contributed by atoms with E-state index < -0.39 is 5.92 Å². The van der Waals surface area contributed by atoms with Gasteiger partial charge in [0.25, 0.3) is 0 Å². The van der Waals surface area contributed by atoms with Crippen molar-refractivity contribution >= 4 is 16.8 Å². The molecule has 2 aliphatic rings. The first-order valence-corrected chi connectivity index (χ1v) is 8.71. The molecule has 0 bridgehead atoms. The van der Waals surface area contributed by atoms with E-state index in [4.69, 9.17) is 0 Å². The standard InChI is InChI=1S/C19H17FN4O/c20-12-6-5-11-7-16(25)17(14(11)8-12)18-15-9-24(13-3-1-2-4-13)23-19(15)22-10-21-18/h5-6,8-10,13,17H,1-4,7H2. The molecule has 25 heavy (non-hydrogen) atoms. The summed E-state index contributed by atoms with van der Waals surface area (Å²) in [5, 5.41) is 5.40. The molecule has 1 unspecified atom stereocenters. The Morgan fingerprint density at radius 2 is 2.00 bits per heavy atom. The molecule has 3 aromatic rings. The van der Waals surface area contributed by atoms with Crippen molar-refractivity contribution in [2.24, 2.45) is 0 Å². The van der Waals surface area contributed by atoms with Crippen molar-refractivity contribution in [1.29, 1.82) is 0 Å². The highest BCUT2D eigenvalue weighted by molar-refractivity contribution is 5.98. The quantitative estimate of drug-likeness (QED) is 0.720. The molecule has 2 aromatic heterocycles. The molecule has 0 spiro atoms. The van der Waals surface area contributed by atoms with Crippen LogP contribution in [-0.2, 0) is 11.2 Å². The predicted molar refractivity (Wildman–Crippen MR) is 89.8 cm³/mol. The van der Waals surface area contributed by atoms with Gasteiger partial charge in [0, 0.05) is 12.6 Å². The molecule has 5 nitrogen and oxygen atoms in total. The molecule has 1 saturated carbocycles. The number of rotatable bonds is 2. The van der Waals surface area contributed by atoms with Crippen LogP contribution in [0.5, 0.6) is 0 Å². The molecular formula is C19H17FN4O. The summed E-state index contributed by atoms with van der Waals surface area (Å²) in [6.07, 6.45) is 8.41. The second kappa shape index (κ2) is 5.44. The number of hydrogen-bond acceptors (Lipinski definition) is 4. The minimum Gasteiger partial charge on any atom is -0.298 e. The van der Waals surface area contributed by atoms with Crippen LogP contribution in [0.25, 0.3) is 11.0 Å². The third kappa shape index (κ3) is 2.27. The van der Waals surface area contributed by atoms with Gasteiger partial charge < -0.3 is 0 Å². The van der Waals surface area contributed by atoms with Crippen molar-refractivity contribution < 1.29 is 9.18 Å². The van der Waals surface area contributed by atoms with Crippen molar-refractivity contribution in [2.75, 3.05) is 0 Å². The molecule has 1 aromatic carbocycles. The maximum absolute atomic E-state index is 13.7. The van der Waals surface area contributed by atoms with E-state index in [0.717, 1.165) is 29.4 Å². The minimum atomic E-state index is -0.530. The summed E-state index contributed by atoms with van der Waals surface area (Å²) < 4.78 is 15.7. The van der Waals surface area contributed by atoms with Crippen LogP contribution in [0.2, 0.25) is 0 Å². The Morgan fingerprint density at radius 3 is 2.84 bits per heavy atom. The number of carbonyl (C=O) groups excluding carboxylic acids is 1. The van der Waals surface area contributed by atoms with Gasteiger partial charge in [-0.25, -0.2) is 14.4 Å². The van der Waals surface area contributed by atoms with Crippen LogP contribution in [0.3, 0.4) is 0 Å². The highest BCUT2D eigenvalue weighted by Gasteiger charge is 2.35. The number of carbonyl (C=O) groups is 1. The number of hydrogen-bond donors (Lipinski definition) is 0. The van der Waals surface area contributed by atoms with E-state index in [1.165, 1.54) is 31.3 Å². The van der Waals surface area contributed by atoms with E-state index in [9.17, 15) is 9.18 Å². The number of fused-ring (bicyclic) bond motifs is 2. The van der Waals surface area contributed by atoms with E-state index in [0.29, 0.717) is 23.8 Å². The van der Waals surface area contributed by atoms with Crippen LogP contribution in [0.4, 0.5) is 4.39 Å². The number of ketones is 1. The van der Waals surface area contributed by atoms with E-state index >= 15 is 0 Å². The zero-order chi connectivity index (χ0) is 17.0. The van der Waals surface area contributed by atoms with Crippen LogP contribution in [0, 0.1) is 5.82 Å². The first-order chi connectivity index (χ1) is 12.2. The Kier molecular flexibility index (Phi) is 3.20. The normalized spacial score (nSPS) is 20.5.